The van der Waals surface area contributed by atoms with Crippen LogP contribution in [0.4, 0.5) is 5.95 Å². The van der Waals surface area contributed by atoms with Gasteiger partial charge in [0, 0.05) is 5.69 Å². The van der Waals surface area contributed by atoms with E-state index in [1.807, 2.05) is 0 Å². The number of hydrogen-bond acceptors (Lipinski definition) is 5. The highest BCUT2D eigenvalue weighted by Gasteiger charge is 2.02. The third-order valence-electron chi connectivity index (χ3n) is 1.19. The number of carboxylic acid groups (broad SMARTS) is 1. The van der Waals surface area contributed by atoms with Gasteiger partial charge in [-0.25, -0.2) is 9.97 Å². The van der Waals surface area contributed by atoms with Crippen molar-refractivity contribution < 1.29 is 9.90 Å². The second-order valence-corrected chi connectivity index (χ2v) is 3.38. The summed E-state index contributed by atoms with van der Waals surface area (Å²) in [5.74, 6) is -0.719. The zero-order valence-electron chi connectivity index (χ0n) is 7.02. The molecule has 0 fully saturated rings. The summed E-state index contributed by atoms with van der Waals surface area (Å²) in [5.41, 5.74) is 6.12. The summed E-state index contributed by atoms with van der Waals surface area (Å²) < 4.78 is 0. The summed E-state index contributed by atoms with van der Waals surface area (Å²) in [5, 5.41) is 9.01. The molecular formula is C7H9N3O2S. The van der Waals surface area contributed by atoms with Crippen molar-refractivity contribution in [2.75, 3.05) is 11.5 Å². The molecule has 1 rings (SSSR count). The van der Waals surface area contributed by atoms with Crippen molar-refractivity contribution >= 4 is 23.7 Å². The number of thioether (sulfide) groups is 1. The van der Waals surface area contributed by atoms with Crippen LogP contribution in [0.3, 0.4) is 0 Å². The fourth-order valence-corrected chi connectivity index (χ4v) is 1.45. The van der Waals surface area contributed by atoms with Gasteiger partial charge in [0.2, 0.25) is 5.95 Å². The molecule has 0 amide bonds. The second-order valence-electron chi connectivity index (χ2n) is 2.39. The Labute approximate surface area is 79.4 Å². The van der Waals surface area contributed by atoms with Crippen molar-refractivity contribution in [2.45, 2.75) is 11.9 Å². The molecule has 0 unspecified atom stereocenters. The largest absolute Gasteiger partial charge is 0.481 e. The first kappa shape index (κ1) is 9.79. The Hall–Kier alpha value is -1.30. The van der Waals surface area contributed by atoms with Gasteiger partial charge in [0.25, 0.3) is 0 Å². The van der Waals surface area contributed by atoms with Crippen LogP contribution in [-0.2, 0) is 4.79 Å². The Balaban J connectivity index is 2.71. The van der Waals surface area contributed by atoms with E-state index in [1.165, 1.54) is 0 Å². The fourth-order valence-electron chi connectivity index (χ4n) is 0.771. The van der Waals surface area contributed by atoms with Crippen LogP contribution in [0.25, 0.3) is 0 Å². The quantitative estimate of drug-likeness (QED) is 0.545. The summed E-state index contributed by atoms with van der Waals surface area (Å²) in [6, 6.07) is 1.70. The van der Waals surface area contributed by atoms with Crippen molar-refractivity contribution in [2.24, 2.45) is 0 Å². The van der Waals surface area contributed by atoms with Gasteiger partial charge in [0.1, 0.15) is 5.03 Å². The number of carbonyl (C=O) groups is 1. The van der Waals surface area contributed by atoms with Crippen LogP contribution in [0.2, 0.25) is 0 Å². The maximum atomic E-state index is 10.2. The van der Waals surface area contributed by atoms with E-state index in [4.69, 9.17) is 10.8 Å². The molecule has 0 aliphatic heterocycles. The number of aliphatic carboxylic acids is 1. The fraction of sp³-hybridized carbons (Fsp3) is 0.286. The Bertz CT molecular complexity index is 309. The van der Waals surface area contributed by atoms with Crippen molar-refractivity contribution in [3.8, 4) is 0 Å². The number of nitrogens with zero attached hydrogens (tertiary/aromatic N) is 2. The Kier molecular flexibility index (Phi) is 3.07. The van der Waals surface area contributed by atoms with Gasteiger partial charge in [-0.15, -0.1) is 0 Å². The van der Waals surface area contributed by atoms with Gasteiger partial charge in [-0.3, -0.25) is 4.79 Å². The lowest BCUT2D eigenvalue weighted by molar-refractivity contribution is -0.133. The van der Waals surface area contributed by atoms with Crippen LogP contribution >= 0.6 is 11.8 Å². The number of aryl methyl sites for hydroxylation is 1. The first-order valence-electron chi connectivity index (χ1n) is 3.53. The molecule has 70 valence electrons. The van der Waals surface area contributed by atoms with Gasteiger partial charge in [0.05, 0.1) is 5.75 Å². The highest BCUT2D eigenvalue weighted by atomic mass is 32.2. The lowest BCUT2D eigenvalue weighted by Gasteiger charge is -2.00. The molecule has 0 saturated heterocycles. The highest BCUT2D eigenvalue weighted by molar-refractivity contribution is 7.99. The molecule has 1 aromatic heterocycles. The number of hydrogen-bond donors (Lipinski definition) is 2. The average molecular weight is 199 g/mol. The van der Waals surface area contributed by atoms with Gasteiger partial charge in [-0.1, -0.05) is 11.8 Å². The van der Waals surface area contributed by atoms with E-state index in [-0.39, 0.29) is 11.7 Å². The predicted octanol–water partition coefficient (Wildman–Crippen LogP) is 0.544. The molecule has 0 aliphatic carbocycles. The SMILES string of the molecule is Cc1cc(SCC(=O)O)nc(N)n1. The summed E-state index contributed by atoms with van der Waals surface area (Å²) >= 11 is 1.13. The molecule has 13 heavy (non-hydrogen) atoms. The average Bonchev–Trinajstić information content (AvgIpc) is 1.99. The normalized spacial score (nSPS) is 9.92. The molecule has 0 aromatic carbocycles. The highest BCUT2D eigenvalue weighted by Crippen LogP contribution is 2.16. The topological polar surface area (TPSA) is 89.1 Å². The molecule has 0 bridgehead atoms. The van der Waals surface area contributed by atoms with E-state index in [0.717, 1.165) is 17.5 Å². The van der Waals surface area contributed by atoms with Gasteiger partial charge in [0.15, 0.2) is 0 Å². The summed E-state index contributed by atoms with van der Waals surface area (Å²) in [7, 11) is 0. The maximum Gasteiger partial charge on any atom is 0.313 e. The Morgan fingerprint density at radius 3 is 2.92 bits per heavy atom. The molecule has 5 nitrogen and oxygen atoms in total. The molecule has 6 heteroatoms. The number of carboxylic acids is 1. The molecule has 0 spiro atoms. The van der Waals surface area contributed by atoms with Crippen LogP contribution in [0.1, 0.15) is 5.69 Å². The molecule has 1 aromatic rings. The minimum Gasteiger partial charge on any atom is -0.481 e. The van der Waals surface area contributed by atoms with E-state index in [0.29, 0.717) is 5.03 Å². The van der Waals surface area contributed by atoms with E-state index in [2.05, 4.69) is 9.97 Å². The molecule has 3 N–H and O–H groups in total. The number of nitrogens with two attached hydrogens (primary N) is 1. The lowest BCUT2D eigenvalue weighted by Crippen LogP contribution is -2.01. The van der Waals surface area contributed by atoms with E-state index in [9.17, 15) is 4.79 Å². The van der Waals surface area contributed by atoms with Crippen LogP contribution < -0.4 is 5.73 Å². The molecule has 0 radical (unpaired) electrons. The summed E-state index contributed by atoms with van der Waals surface area (Å²) in [6.45, 7) is 1.78. The predicted molar refractivity (Wildman–Crippen MR) is 49.5 cm³/mol. The maximum absolute atomic E-state index is 10.2. The van der Waals surface area contributed by atoms with E-state index in [1.54, 1.807) is 13.0 Å². The van der Waals surface area contributed by atoms with Crippen LogP contribution in [0, 0.1) is 6.92 Å². The Morgan fingerprint density at radius 1 is 1.69 bits per heavy atom. The molecule has 0 saturated carbocycles. The summed E-state index contributed by atoms with van der Waals surface area (Å²) in [6.07, 6.45) is 0. The zero-order chi connectivity index (χ0) is 9.84. The number of nitrogen functional groups attached to an aromatic ring is 1. The van der Waals surface area contributed by atoms with Crippen LogP contribution in [0.5, 0.6) is 0 Å². The minimum absolute atomic E-state index is 0.0180. The van der Waals surface area contributed by atoms with Crippen LogP contribution in [0.15, 0.2) is 11.1 Å². The molecular weight excluding hydrogens is 190 g/mol. The first-order chi connectivity index (χ1) is 6.08. The minimum atomic E-state index is -0.875. The van der Waals surface area contributed by atoms with E-state index < -0.39 is 5.97 Å². The second kappa shape index (κ2) is 4.08. The van der Waals surface area contributed by atoms with Crippen LogP contribution in [-0.4, -0.2) is 26.8 Å². The van der Waals surface area contributed by atoms with Crippen molar-refractivity contribution in [1.29, 1.82) is 0 Å². The molecule has 1 heterocycles. The molecule has 0 atom stereocenters. The van der Waals surface area contributed by atoms with E-state index >= 15 is 0 Å². The van der Waals surface area contributed by atoms with Gasteiger partial charge in [-0.2, -0.15) is 0 Å². The molecule has 0 aliphatic rings. The third-order valence-corrected chi connectivity index (χ3v) is 2.09. The third kappa shape index (κ3) is 3.29. The standard InChI is InChI=1S/C7H9N3O2S/c1-4-2-5(10-7(8)9-4)13-3-6(11)12/h2H,3H2,1H3,(H,11,12)(H2,8,9,10). The van der Waals surface area contributed by atoms with Crippen molar-refractivity contribution in [3.05, 3.63) is 11.8 Å². The smallest absolute Gasteiger partial charge is 0.313 e. The summed E-state index contributed by atoms with van der Waals surface area (Å²) in [4.78, 5) is 18.0. The van der Waals surface area contributed by atoms with Crippen molar-refractivity contribution in [3.63, 3.8) is 0 Å². The zero-order valence-corrected chi connectivity index (χ0v) is 7.84. The Morgan fingerprint density at radius 2 is 2.38 bits per heavy atom. The number of aromatic nitrogens is 2. The number of rotatable bonds is 3. The van der Waals surface area contributed by atoms with Gasteiger partial charge in [-0.05, 0) is 13.0 Å². The first-order valence-corrected chi connectivity index (χ1v) is 4.52. The number of anilines is 1. The van der Waals surface area contributed by atoms with Crippen molar-refractivity contribution in [1.82, 2.24) is 9.97 Å². The van der Waals surface area contributed by atoms with Gasteiger partial charge < -0.3 is 10.8 Å². The van der Waals surface area contributed by atoms with Gasteiger partial charge >= 0.3 is 5.97 Å². The lowest BCUT2D eigenvalue weighted by atomic mass is 10.5. The monoisotopic (exact) mass is 199 g/mol.